The average molecular weight is 390 g/mol. The predicted octanol–water partition coefficient (Wildman–Crippen LogP) is 3.47. The van der Waals surface area contributed by atoms with Gasteiger partial charge < -0.3 is 24.4 Å². The molecule has 7 nitrogen and oxygen atoms in total. The molecule has 2 aliphatic heterocycles. The standard InChI is InChI=1S/C21H30N2O5/c1-20(2,3)28-18(24)22-17-13-21(27-15-17)9-11-23(12-10-21)19(25)26-14-16-7-5-4-6-8-16/h4-8,17H,9-15H2,1-3H3,(H,22,24)/t17-/m1/s1. The van der Waals surface area contributed by atoms with Crippen molar-refractivity contribution in [3.63, 3.8) is 0 Å². The van der Waals surface area contributed by atoms with Crippen molar-refractivity contribution in [3.8, 4) is 0 Å². The van der Waals surface area contributed by atoms with Gasteiger partial charge in [-0.3, -0.25) is 0 Å². The maximum Gasteiger partial charge on any atom is 0.410 e. The molecule has 2 aliphatic rings. The van der Waals surface area contributed by atoms with Crippen molar-refractivity contribution in [1.82, 2.24) is 10.2 Å². The first-order valence-electron chi connectivity index (χ1n) is 9.84. The molecule has 0 saturated carbocycles. The zero-order valence-corrected chi connectivity index (χ0v) is 16.9. The lowest BCUT2D eigenvalue weighted by molar-refractivity contribution is -0.0423. The Balaban J connectivity index is 1.42. The minimum atomic E-state index is -0.521. The van der Waals surface area contributed by atoms with Crippen LogP contribution >= 0.6 is 0 Å². The highest BCUT2D eigenvalue weighted by atomic mass is 16.6. The summed E-state index contributed by atoms with van der Waals surface area (Å²) in [5.41, 5.74) is 0.169. The zero-order valence-electron chi connectivity index (χ0n) is 16.9. The van der Waals surface area contributed by atoms with Crippen molar-refractivity contribution >= 4 is 12.2 Å². The van der Waals surface area contributed by atoms with Gasteiger partial charge in [-0.1, -0.05) is 30.3 Å². The molecule has 1 N–H and O–H groups in total. The third-order valence-corrected chi connectivity index (χ3v) is 5.07. The molecule has 7 heteroatoms. The van der Waals surface area contributed by atoms with Crippen molar-refractivity contribution < 1.29 is 23.8 Å². The second-order valence-corrected chi connectivity index (χ2v) is 8.57. The van der Waals surface area contributed by atoms with Crippen molar-refractivity contribution in [3.05, 3.63) is 35.9 Å². The molecule has 0 radical (unpaired) electrons. The molecule has 0 bridgehead atoms. The number of ether oxygens (including phenoxy) is 3. The van der Waals surface area contributed by atoms with Gasteiger partial charge in [-0.15, -0.1) is 0 Å². The van der Waals surface area contributed by atoms with E-state index in [0.717, 1.165) is 24.8 Å². The Labute approximate surface area is 166 Å². The third kappa shape index (κ3) is 5.61. The quantitative estimate of drug-likeness (QED) is 0.855. The van der Waals surface area contributed by atoms with Crippen molar-refractivity contribution in [2.45, 2.75) is 63.9 Å². The van der Waals surface area contributed by atoms with Crippen LogP contribution in [0.1, 0.15) is 45.6 Å². The van der Waals surface area contributed by atoms with Crippen LogP contribution in [0.5, 0.6) is 0 Å². The number of benzene rings is 1. The first-order valence-corrected chi connectivity index (χ1v) is 9.84. The molecular weight excluding hydrogens is 360 g/mol. The number of likely N-dealkylation sites (tertiary alicyclic amines) is 1. The normalized spacial score (nSPS) is 21.4. The van der Waals surface area contributed by atoms with Gasteiger partial charge in [-0.2, -0.15) is 0 Å². The van der Waals surface area contributed by atoms with E-state index in [1.807, 2.05) is 51.1 Å². The fourth-order valence-corrected chi connectivity index (χ4v) is 3.67. The Morgan fingerprint density at radius 1 is 1.21 bits per heavy atom. The number of rotatable bonds is 3. The van der Waals surface area contributed by atoms with Crippen LogP contribution in [0.4, 0.5) is 9.59 Å². The van der Waals surface area contributed by atoms with Crippen LogP contribution in [-0.4, -0.2) is 54.0 Å². The van der Waals surface area contributed by atoms with E-state index in [4.69, 9.17) is 14.2 Å². The third-order valence-electron chi connectivity index (χ3n) is 5.07. The number of hydrogen-bond donors (Lipinski definition) is 1. The van der Waals surface area contributed by atoms with Crippen LogP contribution in [0, 0.1) is 0 Å². The molecule has 0 aliphatic carbocycles. The molecule has 2 saturated heterocycles. The second kappa shape index (κ2) is 8.39. The molecule has 1 aromatic rings. The maximum absolute atomic E-state index is 12.3. The van der Waals surface area contributed by atoms with E-state index in [-0.39, 0.29) is 24.3 Å². The zero-order chi connectivity index (χ0) is 20.2. The van der Waals surface area contributed by atoms with Gasteiger partial charge in [0.2, 0.25) is 0 Å². The molecule has 2 heterocycles. The number of hydrogen-bond acceptors (Lipinski definition) is 5. The van der Waals surface area contributed by atoms with Crippen LogP contribution in [0.3, 0.4) is 0 Å². The van der Waals surface area contributed by atoms with Crippen LogP contribution in [0.15, 0.2) is 30.3 Å². The van der Waals surface area contributed by atoms with E-state index in [1.54, 1.807) is 4.90 Å². The molecule has 1 atom stereocenters. The minimum Gasteiger partial charge on any atom is -0.445 e. The van der Waals surface area contributed by atoms with Crippen LogP contribution < -0.4 is 5.32 Å². The molecule has 154 valence electrons. The highest BCUT2D eigenvalue weighted by Gasteiger charge is 2.44. The summed E-state index contributed by atoms with van der Waals surface area (Å²) >= 11 is 0. The van der Waals surface area contributed by atoms with E-state index in [2.05, 4.69) is 5.32 Å². The van der Waals surface area contributed by atoms with Crippen molar-refractivity contribution in [1.29, 1.82) is 0 Å². The highest BCUT2D eigenvalue weighted by Crippen LogP contribution is 2.36. The SMILES string of the molecule is CC(C)(C)OC(=O)N[C@H]1COC2(CCN(C(=O)OCc3ccccc3)CC2)C1. The van der Waals surface area contributed by atoms with Gasteiger partial charge in [0.15, 0.2) is 0 Å². The van der Waals surface area contributed by atoms with E-state index in [0.29, 0.717) is 19.7 Å². The largest absolute Gasteiger partial charge is 0.445 e. The maximum atomic E-state index is 12.3. The van der Waals surface area contributed by atoms with Crippen LogP contribution in [-0.2, 0) is 20.8 Å². The molecule has 1 spiro atoms. The van der Waals surface area contributed by atoms with Crippen molar-refractivity contribution in [2.75, 3.05) is 19.7 Å². The topological polar surface area (TPSA) is 77.1 Å². The fraction of sp³-hybridized carbons (Fsp3) is 0.619. The predicted molar refractivity (Wildman–Crippen MR) is 104 cm³/mol. The highest BCUT2D eigenvalue weighted by molar-refractivity contribution is 5.68. The Morgan fingerprint density at radius 3 is 2.54 bits per heavy atom. The monoisotopic (exact) mass is 390 g/mol. The van der Waals surface area contributed by atoms with Crippen LogP contribution in [0.25, 0.3) is 0 Å². The van der Waals surface area contributed by atoms with Crippen molar-refractivity contribution in [2.24, 2.45) is 0 Å². The van der Waals surface area contributed by atoms with Gasteiger partial charge in [-0.05, 0) is 45.6 Å². The summed E-state index contributed by atoms with van der Waals surface area (Å²) in [5.74, 6) is 0. The van der Waals surface area contributed by atoms with Gasteiger partial charge in [-0.25, -0.2) is 9.59 Å². The number of amides is 2. The molecule has 2 amide bonds. The van der Waals surface area contributed by atoms with E-state index in [9.17, 15) is 9.59 Å². The fourth-order valence-electron chi connectivity index (χ4n) is 3.67. The molecule has 0 unspecified atom stereocenters. The molecule has 28 heavy (non-hydrogen) atoms. The Hall–Kier alpha value is -2.28. The summed E-state index contributed by atoms with van der Waals surface area (Å²) in [7, 11) is 0. The van der Waals surface area contributed by atoms with Gasteiger partial charge >= 0.3 is 12.2 Å². The molecule has 0 aromatic heterocycles. The summed E-state index contributed by atoms with van der Waals surface area (Å²) < 4.78 is 16.8. The second-order valence-electron chi connectivity index (χ2n) is 8.57. The van der Waals surface area contributed by atoms with Gasteiger partial charge in [0.25, 0.3) is 0 Å². The van der Waals surface area contributed by atoms with E-state index < -0.39 is 11.7 Å². The lowest BCUT2D eigenvalue weighted by Gasteiger charge is -2.38. The number of nitrogens with zero attached hydrogens (tertiary/aromatic N) is 1. The number of carbonyl (C=O) groups is 2. The smallest absolute Gasteiger partial charge is 0.410 e. The summed E-state index contributed by atoms with van der Waals surface area (Å²) in [5, 5.41) is 2.89. The molecule has 3 rings (SSSR count). The number of carbonyl (C=O) groups excluding carboxylic acids is 2. The van der Waals surface area contributed by atoms with E-state index in [1.165, 1.54) is 0 Å². The van der Waals surface area contributed by atoms with E-state index >= 15 is 0 Å². The molecule has 1 aromatic carbocycles. The summed E-state index contributed by atoms with van der Waals surface area (Å²) in [6.07, 6.45) is 1.50. The van der Waals surface area contributed by atoms with Gasteiger partial charge in [0, 0.05) is 13.1 Å². The lowest BCUT2D eigenvalue weighted by atomic mass is 9.87. The summed E-state index contributed by atoms with van der Waals surface area (Å²) in [6, 6.07) is 9.58. The lowest BCUT2D eigenvalue weighted by Crippen LogP contribution is -2.47. The number of nitrogens with one attached hydrogen (secondary N) is 1. The summed E-state index contributed by atoms with van der Waals surface area (Å²) in [6.45, 7) is 7.44. The van der Waals surface area contributed by atoms with Gasteiger partial charge in [0.1, 0.15) is 12.2 Å². The van der Waals surface area contributed by atoms with Gasteiger partial charge in [0.05, 0.1) is 18.2 Å². The first kappa shape index (κ1) is 20.5. The number of alkyl carbamates (subject to hydrolysis) is 1. The average Bonchev–Trinajstić information content (AvgIpc) is 3.01. The van der Waals surface area contributed by atoms with Crippen LogP contribution in [0.2, 0.25) is 0 Å². The Kier molecular flexibility index (Phi) is 6.13. The first-order chi connectivity index (χ1) is 13.2. The molecular formula is C21H30N2O5. The Bertz CT molecular complexity index is 678. The Morgan fingerprint density at radius 2 is 1.89 bits per heavy atom. The summed E-state index contributed by atoms with van der Waals surface area (Å²) in [4.78, 5) is 26.0. The molecule has 2 fully saturated rings. The number of piperidine rings is 1. The minimum absolute atomic E-state index is 0.0635.